The number of hydrogen-bond donors (Lipinski definition) is 9. The van der Waals surface area contributed by atoms with E-state index in [4.69, 9.17) is 5.73 Å². The molecule has 1 unspecified atom stereocenters. The van der Waals surface area contributed by atoms with Gasteiger partial charge >= 0.3 is 5.97 Å². The van der Waals surface area contributed by atoms with Crippen molar-refractivity contribution in [2.24, 2.45) is 11.7 Å². The minimum absolute atomic E-state index is 0.0388. The molecule has 0 aromatic heterocycles. The number of nitrogens with two attached hydrogens (primary N) is 1. The van der Waals surface area contributed by atoms with E-state index in [1.807, 2.05) is 19.9 Å². The van der Waals surface area contributed by atoms with Crippen molar-refractivity contribution in [3.8, 4) is 5.75 Å². The summed E-state index contributed by atoms with van der Waals surface area (Å²) in [6, 6.07) is 11.0. The Morgan fingerprint density at radius 1 is 0.603 bits per heavy atom. The lowest BCUT2D eigenvalue weighted by molar-refractivity contribution is -0.142. The molecule has 0 saturated carbocycles. The molecular weight excluding hydrogens is 809 g/mol. The van der Waals surface area contributed by atoms with E-state index in [0.29, 0.717) is 37.8 Å². The van der Waals surface area contributed by atoms with Gasteiger partial charge in [0.25, 0.3) is 0 Å². The van der Waals surface area contributed by atoms with Crippen molar-refractivity contribution in [1.82, 2.24) is 26.6 Å². The van der Waals surface area contributed by atoms with Gasteiger partial charge in [0.05, 0.1) is 12.5 Å². The second-order valence-electron chi connectivity index (χ2n) is 16.8. The zero-order chi connectivity index (χ0) is 46.6. The van der Waals surface area contributed by atoms with Gasteiger partial charge in [0, 0.05) is 25.8 Å². The molecule has 0 aliphatic rings. The Labute approximate surface area is 372 Å². The van der Waals surface area contributed by atoms with Crippen molar-refractivity contribution < 1.29 is 48.9 Å². The van der Waals surface area contributed by atoms with Crippen LogP contribution in [0.15, 0.2) is 54.6 Å². The van der Waals surface area contributed by atoms with E-state index >= 15 is 0 Å². The number of carbonyl (C=O) groups is 7. The van der Waals surface area contributed by atoms with Crippen LogP contribution in [0.1, 0.15) is 135 Å². The minimum Gasteiger partial charge on any atom is -0.508 e. The topological polar surface area (TPSA) is 266 Å². The first kappa shape index (κ1) is 53.6. The molecule has 6 amide bonds. The normalized spacial score (nSPS) is 13.5. The number of rotatable bonds is 33. The molecule has 16 nitrogen and oxygen atoms in total. The first-order valence-electron chi connectivity index (χ1n) is 22.5. The lowest BCUT2D eigenvalue weighted by Crippen LogP contribution is -2.57. The van der Waals surface area contributed by atoms with Gasteiger partial charge in [-0.3, -0.25) is 28.8 Å². The van der Waals surface area contributed by atoms with Crippen LogP contribution in [0.3, 0.4) is 0 Å². The molecule has 5 atom stereocenters. The molecule has 63 heavy (non-hydrogen) atoms. The van der Waals surface area contributed by atoms with E-state index in [1.54, 1.807) is 48.5 Å². The largest absolute Gasteiger partial charge is 0.508 e. The lowest BCUT2D eigenvalue weighted by atomic mass is 10.0. The van der Waals surface area contributed by atoms with Crippen molar-refractivity contribution in [3.63, 3.8) is 0 Å². The summed E-state index contributed by atoms with van der Waals surface area (Å²) in [4.78, 5) is 87.8. The van der Waals surface area contributed by atoms with Crippen molar-refractivity contribution in [2.45, 2.75) is 167 Å². The number of benzene rings is 2. The molecule has 0 radical (unpaired) electrons. The zero-order valence-electron chi connectivity index (χ0n) is 37.4. The fourth-order valence-corrected chi connectivity index (χ4v) is 7.12. The second kappa shape index (κ2) is 30.5. The zero-order valence-corrected chi connectivity index (χ0v) is 37.4. The summed E-state index contributed by atoms with van der Waals surface area (Å²) in [5.41, 5.74) is 6.87. The average molecular weight is 881 g/mol. The molecule has 10 N–H and O–H groups in total. The first-order chi connectivity index (χ1) is 30.0. The number of primary amides is 1. The van der Waals surface area contributed by atoms with Crippen LogP contribution in [0.2, 0.25) is 0 Å². The van der Waals surface area contributed by atoms with Crippen LogP contribution in [0.4, 0.5) is 0 Å². The standard InChI is InChI=1S/C47H72N6O10/c1-32(2)28-37(44(59)49-27-26-35-22-19-23-36(55)29-35)51-46(61)43(33(3)54)53-42(58)25-18-13-11-9-7-5-4-6-8-10-12-17-24-41(57)50-38(31-40(48)56)45(60)52-39(47(62)63)30-34-20-15-14-16-21-34/h14-16,19-23,29,32-33,37-39,43,54-55H,4-13,17-18,24-28,30-31H2,1-3H3,(H2,48,56)(H,49,59)(H,50,57)(H,51,61)(H,52,60)(H,53,58)(H,62,63)/t33?,37-,38-,39-,43-/m0/s1. The van der Waals surface area contributed by atoms with Crippen LogP contribution >= 0.6 is 0 Å². The Kier molecular flexibility index (Phi) is 26.0. The van der Waals surface area contributed by atoms with Crippen LogP contribution in [-0.2, 0) is 46.4 Å². The van der Waals surface area contributed by atoms with E-state index < -0.39 is 66.3 Å². The molecule has 0 aliphatic carbocycles. The number of hydrogen-bond acceptors (Lipinski definition) is 9. The van der Waals surface area contributed by atoms with Gasteiger partial charge in [-0.05, 0) is 61.8 Å². The van der Waals surface area contributed by atoms with E-state index in [1.165, 1.54) is 6.92 Å². The highest BCUT2D eigenvalue weighted by Crippen LogP contribution is 2.15. The quantitative estimate of drug-likeness (QED) is 0.0464. The molecular formula is C47H72N6O10. The van der Waals surface area contributed by atoms with Gasteiger partial charge in [0.1, 0.15) is 29.9 Å². The van der Waals surface area contributed by atoms with Crippen molar-refractivity contribution in [2.75, 3.05) is 6.54 Å². The van der Waals surface area contributed by atoms with Crippen molar-refractivity contribution in [1.29, 1.82) is 0 Å². The molecule has 0 saturated heterocycles. The number of carboxylic acid groups (broad SMARTS) is 1. The molecule has 2 aromatic rings. The monoisotopic (exact) mass is 881 g/mol. The first-order valence-corrected chi connectivity index (χ1v) is 22.5. The number of carbonyl (C=O) groups excluding carboxylic acids is 6. The van der Waals surface area contributed by atoms with E-state index in [2.05, 4.69) is 26.6 Å². The van der Waals surface area contributed by atoms with Gasteiger partial charge in [-0.25, -0.2) is 4.79 Å². The number of phenols is 1. The number of carboxylic acids is 1. The number of amides is 6. The maximum Gasteiger partial charge on any atom is 0.326 e. The summed E-state index contributed by atoms with van der Waals surface area (Å²) >= 11 is 0. The van der Waals surface area contributed by atoms with Crippen molar-refractivity contribution in [3.05, 3.63) is 65.7 Å². The summed E-state index contributed by atoms with van der Waals surface area (Å²) in [7, 11) is 0. The Hall–Kier alpha value is -5.51. The number of aliphatic hydroxyl groups excluding tert-OH is 1. The summed E-state index contributed by atoms with van der Waals surface area (Å²) in [5.74, 6) is -4.32. The Morgan fingerprint density at radius 2 is 1.13 bits per heavy atom. The van der Waals surface area contributed by atoms with E-state index in [-0.39, 0.29) is 42.7 Å². The highest BCUT2D eigenvalue weighted by atomic mass is 16.4. The molecule has 16 heteroatoms. The molecule has 0 spiro atoms. The summed E-state index contributed by atoms with van der Waals surface area (Å²) in [5, 5.41) is 42.8. The fourth-order valence-electron chi connectivity index (χ4n) is 7.12. The predicted molar refractivity (Wildman–Crippen MR) is 240 cm³/mol. The van der Waals surface area contributed by atoms with Gasteiger partial charge < -0.3 is 47.6 Å². The van der Waals surface area contributed by atoms with E-state index in [9.17, 15) is 48.9 Å². The van der Waals surface area contributed by atoms with Gasteiger partial charge in [-0.1, -0.05) is 121 Å². The lowest BCUT2D eigenvalue weighted by Gasteiger charge is -2.25. The van der Waals surface area contributed by atoms with Crippen LogP contribution in [0, 0.1) is 5.92 Å². The van der Waals surface area contributed by atoms with Crippen molar-refractivity contribution >= 4 is 41.4 Å². The van der Waals surface area contributed by atoms with Crippen LogP contribution in [-0.4, -0.2) is 93.5 Å². The Balaban J connectivity index is 1.57. The second-order valence-corrected chi connectivity index (χ2v) is 16.8. The number of aromatic hydroxyl groups is 1. The molecule has 0 fully saturated rings. The van der Waals surface area contributed by atoms with Gasteiger partial charge in [-0.2, -0.15) is 0 Å². The van der Waals surface area contributed by atoms with Crippen LogP contribution in [0.5, 0.6) is 5.75 Å². The molecule has 0 bridgehead atoms. The maximum absolute atomic E-state index is 13.2. The number of phenolic OH excluding ortho intramolecular Hbond substituents is 1. The summed E-state index contributed by atoms with van der Waals surface area (Å²) in [6.07, 6.45) is 11.0. The van der Waals surface area contributed by atoms with Gasteiger partial charge in [-0.15, -0.1) is 0 Å². The summed E-state index contributed by atoms with van der Waals surface area (Å²) < 4.78 is 0. The smallest absolute Gasteiger partial charge is 0.326 e. The molecule has 350 valence electrons. The van der Waals surface area contributed by atoms with Gasteiger partial charge in [0.2, 0.25) is 35.4 Å². The third-order valence-corrected chi connectivity index (χ3v) is 10.6. The highest BCUT2D eigenvalue weighted by molar-refractivity contribution is 5.94. The number of aliphatic carboxylic acids is 1. The SMILES string of the molecule is CC(C)C[C@H](NC(=O)[C@@H](NC(=O)CCCCCCCCCCCCCCC(=O)N[C@@H](CC(N)=O)C(=O)N[C@@H](Cc1ccccc1)C(=O)O)C(C)O)C(=O)NCCc1cccc(O)c1. The Morgan fingerprint density at radius 3 is 1.63 bits per heavy atom. The molecule has 2 aromatic carbocycles. The van der Waals surface area contributed by atoms with Crippen LogP contribution in [0.25, 0.3) is 0 Å². The number of nitrogens with one attached hydrogen (secondary N) is 5. The number of unbranched alkanes of at least 4 members (excludes halogenated alkanes) is 11. The molecule has 2 rings (SSSR count). The van der Waals surface area contributed by atoms with Crippen LogP contribution < -0.4 is 32.3 Å². The predicted octanol–water partition coefficient (Wildman–Crippen LogP) is 4.08. The Bertz CT molecular complexity index is 1720. The molecule has 0 aliphatic heterocycles. The third-order valence-electron chi connectivity index (χ3n) is 10.6. The average Bonchev–Trinajstić information content (AvgIpc) is 3.22. The maximum atomic E-state index is 13.2. The summed E-state index contributed by atoms with van der Waals surface area (Å²) in [6.45, 7) is 5.60. The minimum atomic E-state index is -1.27. The third kappa shape index (κ3) is 24.1. The fraction of sp³-hybridized carbons (Fsp3) is 0.596. The molecule has 0 heterocycles. The van der Waals surface area contributed by atoms with E-state index in [0.717, 1.165) is 69.8 Å². The number of aliphatic hydroxyl groups is 1. The van der Waals surface area contributed by atoms with Gasteiger partial charge in [0.15, 0.2) is 0 Å². The highest BCUT2D eigenvalue weighted by Gasteiger charge is 2.31.